The van der Waals surface area contributed by atoms with E-state index in [0.29, 0.717) is 0 Å². The Morgan fingerprint density at radius 1 is 1.50 bits per heavy atom. The van der Waals surface area contributed by atoms with Crippen LogP contribution < -0.4 is 5.14 Å². The molecule has 0 saturated carbocycles. The summed E-state index contributed by atoms with van der Waals surface area (Å²) in [4.78, 5) is -0.000772. The molecule has 1 heterocycles. The quantitative estimate of drug-likeness (QED) is 0.732. The lowest BCUT2D eigenvalue weighted by atomic mass is 10.7. The van der Waals surface area contributed by atoms with Crippen LogP contribution in [0.25, 0.3) is 0 Å². The molecule has 0 radical (unpaired) electrons. The minimum atomic E-state index is -3.61. The van der Waals surface area contributed by atoms with Crippen LogP contribution in [0.3, 0.4) is 0 Å². The van der Waals surface area contributed by atoms with E-state index in [9.17, 15) is 8.42 Å². The van der Waals surface area contributed by atoms with Crippen LogP contribution in [0, 0.1) is 0 Å². The smallest absolute Gasteiger partial charge is 0.225 e. The van der Waals surface area contributed by atoms with E-state index in [0.717, 1.165) is 0 Å². The molecule has 1 rings (SSSR count). The zero-order valence-electron chi connectivity index (χ0n) is 4.74. The third kappa shape index (κ3) is 1.49. The molecule has 0 amide bonds. The Kier molecular flexibility index (Phi) is 2.00. The van der Waals surface area contributed by atoms with Crippen molar-refractivity contribution < 1.29 is 8.42 Å². The summed E-state index contributed by atoms with van der Waals surface area (Å²) in [6.45, 7) is 0. The number of thiophene rings is 1. The summed E-state index contributed by atoms with van der Waals surface area (Å²) in [5, 5.41) is 7.90. The number of nitrogens with two attached hydrogens (primary N) is 1. The maximum absolute atomic E-state index is 10.6. The molecule has 0 bridgehead atoms. The standard InChI is InChI=1S/C4H4ClNO2S2/c5-3-1-9-2-4(3)10(6,7)8/h1-2H,(H2,6,7,8). The molecule has 1 aromatic rings. The molecule has 2 N–H and O–H groups in total. The number of sulfonamides is 1. The molecular weight excluding hydrogens is 194 g/mol. The SMILES string of the molecule is NS(=O)(=O)c1cscc1Cl. The van der Waals surface area contributed by atoms with Gasteiger partial charge in [0.2, 0.25) is 10.0 Å². The van der Waals surface area contributed by atoms with E-state index < -0.39 is 10.0 Å². The molecule has 0 saturated heterocycles. The van der Waals surface area contributed by atoms with Crippen molar-refractivity contribution in [2.45, 2.75) is 4.90 Å². The monoisotopic (exact) mass is 197 g/mol. The molecule has 0 unspecified atom stereocenters. The van der Waals surface area contributed by atoms with Crippen LogP contribution in [0.2, 0.25) is 5.02 Å². The molecule has 1 aromatic heterocycles. The fourth-order valence-corrected chi connectivity index (χ4v) is 2.74. The Bertz CT molecular complexity index is 329. The van der Waals surface area contributed by atoms with Gasteiger partial charge in [0.1, 0.15) is 4.90 Å². The van der Waals surface area contributed by atoms with Crippen LogP contribution in [-0.4, -0.2) is 8.42 Å². The van der Waals surface area contributed by atoms with Crippen LogP contribution in [0.1, 0.15) is 0 Å². The van der Waals surface area contributed by atoms with E-state index in [1.165, 1.54) is 22.1 Å². The number of hydrogen-bond acceptors (Lipinski definition) is 3. The van der Waals surface area contributed by atoms with E-state index in [-0.39, 0.29) is 9.92 Å². The highest BCUT2D eigenvalue weighted by molar-refractivity contribution is 7.89. The second-order valence-corrected chi connectivity index (χ2v) is 4.31. The van der Waals surface area contributed by atoms with E-state index in [4.69, 9.17) is 16.7 Å². The molecule has 6 heteroatoms. The first kappa shape index (κ1) is 8.00. The van der Waals surface area contributed by atoms with Crippen LogP contribution in [0.5, 0.6) is 0 Å². The summed E-state index contributed by atoms with van der Waals surface area (Å²) in [5.74, 6) is 0. The van der Waals surface area contributed by atoms with Gasteiger partial charge in [-0.25, -0.2) is 13.6 Å². The predicted molar refractivity (Wildman–Crippen MR) is 40.7 cm³/mol. The highest BCUT2D eigenvalue weighted by Crippen LogP contribution is 2.23. The van der Waals surface area contributed by atoms with Crippen molar-refractivity contribution in [2.75, 3.05) is 0 Å². The van der Waals surface area contributed by atoms with Gasteiger partial charge >= 0.3 is 0 Å². The van der Waals surface area contributed by atoms with Crippen molar-refractivity contribution in [2.24, 2.45) is 5.14 Å². The van der Waals surface area contributed by atoms with Crippen molar-refractivity contribution in [1.29, 1.82) is 0 Å². The minimum Gasteiger partial charge on any atom is -0.225 e. The van der Waals surface area contributed by atoms with Gasteiger partial charge in [0, 0.05) is 10.8 Å². The van der Waals surface area contributed by atoms with Gasteiger partial charge in [0.15, 0.2) is 0 Å². The molecule has 0 fully saturated rings. The van der Waals surface area contributed by atoms with Crippen molar-refractivity contribution in [3.8, 4) is 0 Å². The lowest BCUT2D eigenvalue weighted by molar-refractivity contribution is 0.598. The lowest BCUT2D eigenvalue weighted by Gasteiger charge is -1.90. The van der Waals surface area contributed by atoms with E-state index in [1.807, 2.05) is 0 Å². The Hall–Kier alpha value is -0.100. The molecule has 0 spiro atoms. The largest absolute Gasteiger partial charge is 0.240 e. The first-order chi connectivity index (χ1) is 4.52. The van der Waals surface area contributed by atoms with Crippen LogP contribution in [0.15, 0.2) is 15.7 Å². The van der Waals surface area contributed by atoms with Crippen molar-refractivity contribution in [3.63, 3.8) is 0 Å². The number of halogens is 1. The molecular formula is C4H4ClNO2S2. The first-order valence-corrected chi connectivity index (χ1v) is 5.13. The van der Waals surface area contributed by atoms with Crippen molar-refractivity contribution in [3.05, 3.63) is 15.8 Å². The topological polar surface area (TPSA) is 60.2 Å². The summed E-state index contributed by atoms with van der Waals surface area (Å²) >= 11 is 6.68. The average Bonchev–Trinajstić information content (AvgIpc) is 2.11. The Balaban J connectivity index is 3.32. The molecule has 0 atom stereocenters. The summed E-state index contributed by atoms with van der Waals surface area (Å²) in [6.07, 6.45) is 0. The highest BCUT2D eigenvalue weighted by atomic mass is 35.5. The third-order valence-electron chi connectivity index (χ3n) is 0.889. The van der Waals surface area contributed by atoms with Crippen LogP contribution >= 0.6 is 22.9 Å². The fourth-order valence-electron chi connectivity index (χ4n) is 0.473. The van der Waals surface area contributed by atoms with Gasteiger partial charge in [0.25, 0.3) is 0 Å². The number of rotatable bonds is 1. The Morgan fingerprint density at radius 2 is 2.10 bits per heavy atom. The van der Waals surface area contributed by atoms with E-state index >= 15 is 0 Å². The molecule has 0 aromatic carbocycles. The second kappa shape index (κ2) is 2.50. The van der Waals surface area contributed by atoms with Gasteiger partial charge in [-0.2, -0.15) is 0 Å². The van der Waals surface area contributed by atoms with Gasteiger partial charge in [-0.3, -0.25) is 0 Å². The maximum Gasteiger partial charge on any atom is 0.240 e. The first-order valence-electron chi connectivity index (χ1n) is 2.26. The Labute approximate surface area is 67.5 Å². The number of hydrogen-bond donors (Lipinski definition) is 1. The zero-order chi connectivity index (χ0) is 7.78. The second-order valence-electron chi connectivity index (χ2n) is 1.63. The maximum atomic E-state index is 10.6. The summed E-state index contributed by atoms with van der Waals surface area (Å²) in [5.41, 5.74) is 0. The van der Waals surface area contributed by atoms with Gasteiger partial charge in [-0.1, -0.05) is 11.6 Å². The lowest BCUT2D eigenvalue weighted by Crippen LogP contribution is -2.11. The van der Waals surface area contributed by atoms with Gasteiger partial charge < -0.3 is 0 Å². The van der Waals surface area contributed by atoms with Crippen LogP contribution in [-0.2, 0) is 10.0 Å². The predicted octanol–water partition coefficient (Wildman–Crippen LogP) is 1.05. The molecule has 3 nitrogen and oxygen atoms in total. The van der Waals surface area contributed by atoms with Crippen molar-refractivity contribution >= 4 is 33.0 Å². The molecule has 56 valence electrons. The Morgan fingerprint density at radius 3 is 2.30 bits per heavy atom. The molecule has 0 aliphatic heterocycles. The van der Waals surface area contributed by atoms with E-state index in [1.54, 1.807) is 0 Å². The third-order valence-corrected chi connectivity index (χ3v) is 3.29. The fraction of sp³-hybridized carbons (Fsp3) is 0. The van der Waals surface area contributed by atoms with Gasteiger partial charge in [-0.05, 0) is 0 Å². The molecule has 0 aliphatic carbocycles. The zero-order valence-corrected chi connectivity index (χ0v) is 7.13. The number of primary sulfonamides is 1. The average molecular weight is 198 g/mol. The van der Waals surface area contributed by atoms with E-state index in [2.05, 4.69) is 0 Å². The van der Waals surface area contributed by atoms with Crippen molar-refractivity contribution in [1.82, 2.24) is 0 Å². The summed E-state index contributed by atoms with van der Waals surface area (Å²) in [6, 6.07) is 0. The molecule has 0 aliphatic rings. The summed E-state index contributed by atoms with van der Waals surface area (Å²) < 4.78 is 21.2. The van der Waals surface area contributed by atoms with Gasteiger partial charge in [-0.15, -0.1) is 11.3 Å². The minimum absolute atomic E-state index is 0.000772. The summed E-state index contributed by atoms with van der Waals surface area (Å²) in [7, 11) is -3.61. The van der Waals surface area contributed by atoms with Gasteiger partial charge in [0.05, 0.1) is 5.02 Å². The van der Waals surface area contributed by atoms with Crippen LogP contribution in [0.4, 0.5) is 0 Å². The highest BCUT2D eigenvalue weighted by Gasteiger charge is 2.12. The molecule has 10 heavy (non-hydrogen) atoms. The normalized spacial score (nSPS) is 11.8.